The second kappa shape index (κ2) is 12.4. The number of carbonyl (C=O) groups excluding carboxylic acids is 2. The standard InChI is InChI=1S/C32H30ClFN6O6/c1-39-14-20(31(43)40(2)32(39)44)29(42)37-21-9-5-6-17(27(21)33)18-7-4-8-19(28(18)34)22-12-24-26(30(38-22)45-3)23(15-46-24)35-13-16-10-11-25(41)36-16/h4-9,12,14,16,23,35H,10-11,13,15H2,1-3H3,(H,36,41)(H,37,42)/t16-,23-/m0/s1. The van der Waals surface area contributed by atoms with Crippen LogP contribution in [-0.4, -0.2) is 52.2 Å². The fraction of sp³-hybridized carbons (Fsp3) is 0.281. The van der Waals surface area contributed by atoms with Crippen LogP contribution < -0.4 is 36.7 Å². The first kappa shape index (κ1) is 31.0. The van der Waals surface area contributed by atoms with E-state index in [2.05, 4.69) is 20.9 Å². The van der Waals surface area contributed by atoms with Crippen molar-refractivity contribution in [2.45, 2.75) is 24.9 Å². The van der Waals surface area contributed by atoms with E-state index in [1.807, 2.05) is 0 Å². The molecular formula is C32H30ClFN6O6. The molecule has 1 fully saturated rings. The summed E-state index contributed by atoms with van der Waals surface area (Å²) in [6.45, 7) is 0.877. The second-order valence-electron chi connectivity index (χ2n) is 11.1. The normalized spacial score (nSPS) is 16.9. The lowest BCUT2D eigenvalue weighted by Gasteiger charge is -2.17. The van der Waals surface area contributed by atoms with Crippen molar-refractivity contribution in [3.63, 3.8) is 0 Å². The summed E-state index contributed by atoms with van der Waals surface area (Å²) in [7, 11) is 4.18. The minimum atomic E-state index is -0.778. The zero-order valence-corrected chi connectivity index (χ0v) is 25.9. The van der Waals surface area contributed by atoms with Crippen LogP contribution in [0.25, 0.3) is 22.4 Å². The minimum Gasteiger partial charge on any atom is -0.491 e. The molecule has 0 radical (unpaired) electrons. The van der Waals surface area contributed by atoms with Gasteiger partial charge in [0.2, 0.25) is 11.8 Å². The Labute approximate surface area is 267 Å². The predicted molar refractivity (Wildman–Crippen MR) is 169 cm³/mol. The lowest BCUT2D eigenvalue weighted by molar-refractivity contribution is -0.119. The van der Waals surface area contributed by atoms with Crippen molar-refractivity contribution in [2.24, 2.45) is 14.1 Å². The molecule has 3 N–H and O–H groups in total. The Hall–Kier alpha value is -5.01. The van der Waals surface area contributed by atoms with E-state index in [0.717, 1.165) is 21.8 Å². The fourth-order valence-corrected chi connectivity index (χ4v) is 5.98. The van der Waals surface area contributed by atoms with E-state index in [1.165, 1.54) is 27.3 Å². The third kappa shape index (κ3) is 5.63. The summed E-state index contributed by atoms with van der Waals surface area (Å²) in [5.41, 5.74) is 0.149. The van der Waals surface area contributed by atoms with E-state index in [4.69, 9.17) is 21.1 Å². The molecule has 14 heteroatoms. The number of hydrogen-bond donors (Lipinski definition) is 3. The Morgan fingerprint density at radius 3 is 2.63 bits per heavy atom. The Morgan fingerprint density at radius 1 is 1.15 bits per heavy atom. The van der Waals surface area contributed by atoms with E-state index in [0.29, 0.717) is 36.4 Å². The topological polar surface area (TPSA) is 146 Å². The number of benzene rings is 2. The predicted octanol–water partition coefficient (Wildman–Crippen LogP) is 3.17. The molecule has 4 aromatic rings. The van der Waals surface area contributed by atoms with Crippen LogP contribution in [-0.2, 0) is 18.9 Å². The lowest BCUT2D eigenvalue weighted by atomic mass is 9.99. The molecule has 0 unspecified atom stereocenters. The number of methoxy groups -OCH3 is 1. The molecule has 2 aromatic heterocycles. The van der Waals surface area contributed by atoms with Gasteiger partial charge in [0.15, 0.2) is 0 Å². The summed E-state index contributed by atoms with van der Waals surface area (Å²) in [4.78, 5) is 53.8. The number of nitrogens with zero attached hydrogens (tertiary/aromatic N) is 3. The summed E-state index contributed by atoms with van der Waals surface area (Å²) >= 11 is 6.69. The SMILES string of the molecule is COc1nc(-c2cccc(-c3cccc(NC(=O)c4cn(C)c(=O)n(C)c4=O)c3Cl)c2F)cc2c1[C@@H](NC[C@@H]1CCC(=O)N1)CO2. The van der Waals surface area contributed by atoms with Gasteiger partial charge in [0.05, 0.1) is 35.1 Å². The average molecular weight is 649 g/mol. The number of rotatable bonds is 8. The molecule has 2 atom stereocenters. The van der Waals surface area contributed by atoms with Crippen LogP contribution in [0.1, 0.15) is 34.8 Å². The van der Waals surface area contributed by atoms with Crippen LogP contribution in [0, 0.1) is 5.82 Å². The van der Waals surface area contributed by atoms with Gasteiger partial charge in [-0.3, -0.25) is 19.0 Å². The molecule has 238 valence electrons. The molecule has 2 aromatic carbocycles. The maximum Gasteiger partial charge on any atom is 0.330 e. The zero-order chi connectivity index (χ0) is 32.7. The highest BCUT2D eigenvalue weighted by Crippen LogP contribution is 2.43. The third-order valence-electron chi connectivity index (χ3n) is 8.13. The highest BCUT2D eigenvalue weighted by atomic mass is 35.5. The van der Waals surface area contributed by atoms with Gasteiger partial charge < -0.3 is 30.0 Å². The second-order valence-corrected chi connectivity index (χ2v) is 11.5. The number of pyridine rings is 1. The summed E-state index contributed by atoms with van der Waals surface area (Å²) in [6, 6.07) is 11.0. The van der Waals surface area contributed by atoms with Gasteiger partial charge in [-0.2, -0.15) is 0 Å². The molecule has 0 saturated carbocycles. The number of hydrogen-bond acceptors (Lipinski definition) is 8. The van der Waals surface area contributed by atoms with Crippen LogP contribution in [0.5, 0.6) is 11.6 Å². The van der Waals surface area contributed by atoms with Gasteiger partial charge in [0.25, 0.3) is 11.5 Å². The van der Waals surface area contributed by atoms with Crippen molar-refractivity contribution >= 4 is 29.1 Å². The number of carbonyl (C=O) groups is 2. The summed E-state index contributed by atoms with van der Waals surface area (Å²) in [6.07, 6.45) is 2.41. The first-order valence-electron chi connectivity index (χ1n) is 14.5. The van der Waals surface area contributed by atoms with Crippen molar-refractivity contribution in [1.29, 1.82) is 0 Å². The van der Waals surface area contributed by atoms with Crippen molar-refractivity contribution in [1.82, 2.24) is 24.8 Å². The molecule has 4 heterocycles. The van der Waals surface area contributed by atoms with Gasteiger partial charge in [-0.15, -0.1) is 0 Å². The van der Waals surface area contributed by atoms with Crippen LogP contribution >= 0.6 is 11.6 Å². The first-order chi connectivity index (χ1) is 22.1. The Balaban J connectivity index is 1.29. The zero-order valence-electron chi connectivity index (χ0n) is 25.1. The Bertz CT molecular complexity index is 2010. The van der Waals surface area contributed by atoms with Crippen molar-refractivity contribution in [2.75, 3.05) is 25.6 Å². The smallest absolute Gasteiger partial charge is 0.330 e. The molecule has 12 nitrogen and oxygen atoms in total. The van der Waals surface area contributed by atoms with E-state index in [1.54, 1.807) is 36.4 Å². The number of aromatic nitrogens is 3. The molecule has 1 saturated heterocycles. The number of nitrogens with one attached hydrogen (secondary N) is 3. The molecule has 0 spiro atoms. The van der Waals surface area contributed by atoms with Crippen molar-refractivity contribution < 1.29 is 23.5 Å². The van der Waals surface area contributed by atoms with Crippen molar-refractivity contribution in [3.8, 4) is 34.0 Å². The minimum absolute atomic E-state index is 0.0335. The first-order valence-corrected chi connectivity index (χ1v) is 14.9. The largest absolute Gasteiger partial charge is 0.491 e. The number of ether oxygens (including phenoxy) is 2. The van der Waals surface area contributed by atoms with E-state index < -0.39 is 23.0 Å². The van der Waals surface area contributed by atoms with E-state index >= 15 is 4.39 Å². The molecular weight excluding hydrogens is 619 g/mol. The highest BCUT2D eigenvalue weighted by Gasteiger charge is 2.32. The van der Waals surface area contributed by atoms with Gasteiger partial charge in [-0.05, 0) is 18.6 Å². The summed E-state index contributed by atoms with van der Waals surface area (Å²) < 4.78 is 29.8. The van der Waals surface area contributed by atoms with E-state index in [9.17, 15) is 19.2 Å². The van der Waals surface area contributed by atoms with Crippen LogP contribution in [0.2, 0.25) is 5.02 Å². The van der Waals surface area contributed by atoms with Crippen LogP contribution in [0.4, 0.5) is 10.1 Å². The maximum absolute atomic E-state index is 16.3. The number of fused-ring (bicyclic) bond motifs is 1. The van der Waals surface area contributed by atoms with Gasteiger partial charge in [-0.25, -0.2) is 14.2 Å². The molecule has 46 heavy (non-hydrogen) atoms. The fourth-order valence-electron chi connectivity index (χ4n) is 5.70. The molecule has 2 aliphatic heterocycles. The highest BCUT2D eigenvalue weighted by molar-refractivity contribution is 6.36. The molecule has 6 rings (SSSR count). The van der Waals surface area contributed by atoms with Crippen molar-refractivity contribution in [3.05, 3.63) is 91.5 Å². The third-order valence-corrected chi connectivity index (χ3v) is 8.54. The molecule has 0 bridgehead atoms. The maximum atomic E-state index is 16.3. The Morgan fingerprint density at radius 2 is 1.89 bits per heavy atom. The number of anilines is 1. The number of halogens is 2. The van der Waals surface area contributed by atoms with Gasteiger partial charge >= 0.3 is 5.69 Å². The summed E-state index contributed by atoms with van der Waals surface area (Å²) in [5.74, 6) is -0.560. The number of aryl methyl sites for hydroxylation is 1. The molecule has 0 aliphatic carbocycles. The molecule has 2 aliphatic rings. The van der Waals surface area contributed by atoms with Gasteiger partial charge in [0.1, 0.15) is 23.7 Å². The number of amides is 2. The van der Waals surface area contributed by atoms with E-state index in [-0.39, 0.29) is 57.0 Å². The molecule has 2 amide bonds. The summed E-state index contributed by atoms with van der Waals surface area (Å²) in [5, 5.41) is 8.99. The van der Waals surface area contributed by atoms with Crippen LogP contribution in [0.3, 0.4) is 0 Å². The lowest BCUT2D eigenvalue weighted by Crippen LogP contribution is -2.40. The van der Waals surface area contributed by atoms with Crippen LogP contribution in [0.15, 0.2) is 58.3 Å². The quantitative estimate of drug-likeness (QED) is 0.264. The van der Waals surface area contributed by atoms with Gasteiger partial charge in [-0.1, -0.05) is 35.9 Å². The Kier molecular flexibility index (Phi) is 8.36. The van der Waals surface area contributed by atoms with Gasteiger partial charge in [0, 0.05) is 62.1 Å². The average Bonchev–Trinajstić information content (AvgIpc) is 3.66. The monoisotopic (exact) mass is 648 g/mol.